The van der Waals surface area contributed by atoms with Crippen LogP contribution in [0.5, 0.6) is 0 Å². The van der Waals surface area contributed by atoms with Crippen molar-refractivity contribution < 1.29 is 9.90 Å². The molecule has 1 aliphatic rings. The highest BCUT2D eigenvalue weighted by molar-refractivity contribution is 5.85. The first kappa shape index (κ1) is 19.4. The summed E-state index contributed by atoms with van der Waals surface area (Å²) in [5.74, 6) is -1.03. The fraction of sp³-hybridized carbons (Fsp3) is 0.294. The Morgan fingerprint density at radius 2 is 1.74 bits per heavy atom. The topological polar surface area (TPSA) is 53.4 Å². The molecule has 1 aliphatic heterocycles. The SMILES string of the molecule is Cl.Cl.O=C(O)[C@@H]1CN(Cc2ccccc2)C[C@H]1c1ccncc1. The molecule has 0 radical (unpaired) electrons. The highest BCUT2D eigenvalue weighted by atomic mass is 35.5. The Kier molecular flexibility index (Phi) is 7.49. The van der Waals surface area contributed by atoms with Gasteiger partial charge in [0.1, 0.15) is 0 Å². The van der Waals surface area contributed by atoms with E-state index in [9.17, 15) is 9.90 Å². The summed E-state index contributed by atoms with van der Waals surface area (Å²) in [5, 5.41) is 9.49. The lowest BCUT2D eigenvalue weighted by Gasteiger charge is -2.16. The minimum Gasteiger partial charge on any atom is -0.481 e. The molecule has 3 rings (SSSR count). The molecule has 0 saturated carbocycles. The molecule has 1 fully saturated rings. The molecule has 1 saturated heterocycles. The highest BCUT2D eigenvalue weighted by Gasteiger charge is 2.38. The number of aliphatic carboxylic acids is 1. The molecule has 124 valence electrons. The molecular weight excluding hydrogens is 335 g/mol. The van der Waals surface area contributed by atoms with E-state index in [4.69, 9.17) is 0 Å². The summed E-state index contributed by atoms with van der Waals surface area (Å²) >= 11 is 0. The molecule has 1 aromatic carbocycles. The van der Waals surface area contributed by atoms with Crippen LogP contribution in [0.3, 0.4) is 0 Å². The maximum atomic E-state index is 11.5. The van der Waals surface area contributed by atoms with Crippen LogP contribution < -0.4 is 0 Å². The van der Waals surface area contributed by atoms with Gasteiger partial charge in [-0.3, -0.25) is 14.7 Å². The van der Waals surface area contributed by atoms with Crippen LogP contribution in [0.4, 0.5) is 0 Å². The average molecular weight is 355 g/mol. The van der Waals surface area contributed by atoms with Gasteiger partial charge in [0.15, 0.2) is 0 Å². The first-order chi connectivity index (χ1) is 10.2. The molecule has 2 aromatic rings. The predicted molar refractivity (Wildman–Crippen MR) is 94.3 cm³/mol. The zero-order valence-electron chi connectivity index (χ0n) is 12.5. The molecule has 4 nitrogen and oxygen atoms in total. The smallest absolute Gasteiger partial charge is 0.308 e. The number of rotatable bonds is 4. The predicted octanol–water partition coefficient (Wildman–Crippen LogP) is 3.23. The van der Waals surface area contributed by atoms with E-state index in [2.05, 4.69) is 22.0 Å². The second kappa shape index (κ2) is 8.87. The molecule has 1 N–H and O–H groups in total. The van der Waals surface area contributed by atoms with Gasteiger partial charge in [0.25, 0.3) is 0 Å². The molecule has 6 heteroatoms. The normalized spacial score (nSPS) is 20.3. The Morgan fingerprint density at radius 1 is 1.09 bits per heavy atom. The summed E-state index contributed by atoms with van der Waals surface area (Å²) in [5.41, 5.74) is 2.28. The summed E-state index contributed by atoms with van der Waals surface area (Å²) < 4.78 is 0. The minimum atomic E-state index is -0.715. The number of carboxylic acid groups (broad SMARTS) is 1. The van der Waals surface area contributed by atoms with Crippen LogP contribution >= 0.6 is 24.8 Å². The number of likely N-dealkylation sites (tertiary alicyclic amines) is 1. The molecule has 1 aromatic heterocycles. The largest absolute Gasteiger partial charge is 0.481 e. The van der Waals surface area contributed by atoms with Gasteiger partial charge in [0, 0.05) is 37.9 Å². The van der Waals surface area contributed by atoms with Crippen LogP contribution in [-0.4, -0.2) is 34.0 Å². The van der Waals surface area contributed by atoms with E-state index in [-0.39, 0.29) is 36.6 Å². The van der Waals surface area contributed by atoms with Crippen LogP contribution in [0, 0.1) is 5.92 Å². The van der Waals surface area contributed by atoms with E-state index in [0.29, 0.717) is 6.54 Å². The van der Waals surface area contributed by atoms with E-state index in [1.54, 1.807) is 12.4 Å². The Hall–Kier alpha value is -1.62. The van der Waals surface area contributed by atoms with Gasteiger partial charge in [-0.25, -0.2) is 0 Å². The van der Waals surface area contributed by atoms with Gasteiger partial charge in [0.05, 0.1) is 5.92 Å². The van der Waals surface area contributed by atoms with Crippen molar-refractivity contribution in [3.8, 4) is 0 Å². The number of carboxylic acids is 1. The quantitative estimate of drug-likeness (QED) is 0.915. The number of halogens is 2. The monoisotopic (exact) mass is 354 g/mol. The van der Waals surface area contributed by atoms with E-state index in [0.717, 1.165) is 18.7 Å². The van der Waals surface area contributed by atoms with Crippen LogP contribution in [0.25, 0.3) is 0 Å². The van der Waals surface area contributed by atoms with Gasteiger partial charge in [0.2, 0.25) is 0 Å². The molecular formula is C17H20Cl2N2O2. The van der Waals surface area contributed by atoms with Gasteiger partial charge < -0.3 is 5.11 Å². The van der Waals surface area contributed by atoms with E-state index in [1.165, 1.54) is 5.56 Å². The second-order valence-electron chi connectivity index (χ2n) is 5.51. The van der Waals surface area contributed by atoms with Gasteiger partial charge in [-0.15, -0.1) is 24.8 Å². The first-order valence-corrected chi connectivity index (χ1v) is 7.13. The zero-order chi connectivity index (χ0) is 14.7. The van der Waals surface area contributed by atoms with Crippen molar-refractivity contribution in [2.75, 3.05) is 13.1 Å². The fourth-order valence-corrected chi connectivity index (χ4v) is 3.05. The Balaban J connectivity index is 0.00000132. The summed E-state index contributed by atoms with van der Waals surface area (Å²) in [6.07, 6.45) is 3.46. The lowest BCUT2D eigenvalue weighted by molar-refractivity contribution is -0.141. The van der Waals surface area contributed by atoms with Crippen molar-refractivity contribution in [3.63, 3.8) is 0 Å². The summed E-state index contributed by atoms with van der Waals surface area (Å²) in [6, 6.07) is 14.0. The lowest BCUT2D eigenvalue weighted by atomic mass is 9.90. The number of nitrogens with zero attached hydrogens (tertiary/aromatic N) is 2. The molecule has 2 atom stereocenters. The Morgan fingerprint density at radius 3 is 2.35 bits per heavy atom. The maximum absolute atomic E-state index is 11.5. The van der Waals surface area contributed by atoms with Gasteiger partial charge in [-0.2, -0.15) is 0 Å². The zero-order valence-corrected chi connectivity index (χ0v) is 14.2. The molecule has 23 heavy (non-hydrogen) atoms. The molecule has 0 unspecified atom stereocenters. The number of pyridine rings is 1. The van der Waals surface area contributed by atoms with Gasteiger partial charge in [-0.1, -0.05) is 30.3 Å². The van der Waals surface area contributed by atoms with E-state index >= 15 is 0 Å². The van der Waals surface area contributed by atoms with Crippen LogP contribution in [-0.2, 0) is 11.3 Å². The summed E-state index contributed by atoms with van der Waals surface area (Å²) in [7, 11) is 0. The molecule has 2 heterocycles. The third-order valence-electron chi connectivity index (χ3n) is 4.10. The number of hydrogen-bond acceptors (Lipinski definition) is 3. The number of benzene rings is 1. The van der Waals surface area contributed by atoms with Crippen molar-refractivity contribution in [1.82, 2.24) is 9.88 Å². The fourth-order valence-electron chi connectivity index (χ4n) is 3.05. The van der Waals surface area contributed by atoms with Crippen molar-refractivity contribution in [1.29, 1.82) is 0 Å². The molecule has 0 amide bonds. The Bertz CT molecular complexity index is 611. The number of hydrogen-bond donors (Lipinski definition) is 1. The maximum Gasteiger partial charge on any atom is 0.308 e. The molecule has 0 aliphatic carbocycles. The third-order valence-corrected chi connectivity index (χ3v) is 4.10. The molecule has 0 spiro atoms. The first-order valence-electron chi connectivity index (χ1n) is 7.13. The van der Waals surface area contributed by atoms with Gasteiger partial charge in [-0.05, 0) is 23.3 Å². The van der Waals surface area contributed by atoms with Crippen molar-refractivity contribution in [2.24, 2.45) is 5.92 Å². The summed E-state index contributed by atoms with van der Waals surface area (Å²) in [6.45, 7) is 2.17. The second-order valence-corrected chi connectivity index (χ2v) is 5.51. The van der Waals surface area contributed by atoms with Crippen LogP contribution in [0.1, 0.15) is 17.0 Å². The lowest BCUT2D eigenvalue weighted by Crippen LogP contribution is -2.23. The average Bonchev–Trinajstić information content (AvgIpc) is 2.93. The minimum absolute atomic E-state index is 0. The van der Waals surface area contributed by atoms with E-state index < -0.39 is 5.97 Å². The highest BCUT2D eigenvalue weighted by Crippen LogP contribution is 2.33. The van der Waals surface area contributed by atoms with Crippen molar-refractivity contribution in [3.05, 3.63) is 66.0 Å². The van der Waals surface area contributed by atoms with Crippen LogP contribution in [0.15, 0.2) is 54.9 Å². The third kappa shape index (κ3) is 4.67. The van der Waals surface area contributed by atoms with E-state index in [1.807, 2.05) is 30.3 Å². The number of aromatic nitrogens is 1. The van der Waals surface area contributed by atoms with Gasteiger partial charge >= 0.3 is 5.97 Å². The van der Waals surface area contributed by atoms with Crippen molar-refractivity contribution >= 4 is 30.8 Å². The molecule has 0 bridgehead atoms. The Labute approximate surface area is 148 Å². The van der Waals surface area contributed by atoms with Crippen molar-refractivity contribution in [2.45, 2.75) is 12.5 Å². The standard InChI is InChI=1S/C17H18N2O2.2ClH/c20-17(21)16-12-19(10-13-4-2-1-3-5-13)11-15(16)14-6-8-18-9-7-14;;/h1-9,15-16H,10-12H2,(H,20,21);2*1H/t15-,16+;;/m0../s1. The van der Waals surface area contributed by atoms with Crippen LogP contribution in [0.2, 0.25) is 0 Å². The summed E-state index contributed by atoms with van der Waals surface area (Å²) in [4.78, 5) is 17.8. The number of carbonyl (C=O) groups is 1.